The summed E-state index contributed by atoms with van der Waals surface area (Å²) in [6.07, 6.45) is 5.44. The number of rotatable bonds is 3. The number of hydrogen-bond acceptors (Lipinski definition) is 5. The molecule has 1 fully saturated rings. The van der Waals surface area contributed by atoms with E-state index in [0.717, 1.165) is 40.5 Å². The zero-order valence-electron chi connectivity index (χ0n) is 13.6. The molecule has 0 spiro atoms. The van der Waals surface area contributed by atoms with E-state index in [4.69, 9.17) is 0 Å². The number of nitrogens with zero attached hydrogens (tertiary/aromatic N) is 5. The van der Waals surface area contributed by atoms with Crippen LogP contribution in [-0.4, -0.2) is 43.2 Å². The summed E-state index contributed by atoms with van der Waals surface area (Å²) in [6, 6.07) is 8.34. The average molecular weight is 341 g/mol. The Balaban J connectivity index is 1.61. The van der Waals surface area contributed by atoms with Gasteiger partial charge in [0.05, 0.1) is 6.42 Å². The van der Waals surface area contributed by atoms with Crippen LogP contribution in [0.2, 0.25) is 0 Å². The van der Waals surface area contributed by atoms with Crippen LogP contribution in [0.1, 0.15) is 31.7 Å². The van der Waals surface area contributed by atoms with Crippen molar-refractivity contribution in [1.82, 2.24) is 24.7 Å². The molecule has 0 N–H and O–H groups in total. The molecule has 0 radical (unpaired) electrons. The van der Waals surface area contributed by atoms with E-state index < -0.39 is 0 Å². The molecule has 4 rings (SSSR count). The van der Waals surface area contributed by atoms with Gasteiger partial charge in [0.1, 0.15) is 11.3 Å². The average Bonchev–Trinajstić information content (AvgIpc) is 3.17. The van der Waals surface area contributed by atoms with E-state index in [-0.39, 0.29) is 5.91 Å². The van der Waals surface area contributed by atoms with Crippen molar-refractivity contribution in [3.63, 3.8) is 0 Å². The normalized spacial score (nSPS) is 18.2. The van der Waals surface area contributed by atoms with Gasteiger partial charge in [-0.05, 0) is 31.7 Å². The van der Waals surface area contributed by atoms with Crippen molar-refractivity contribution < 1.29 is 4.79 Å². The Hall–Kier alpha value is -2.28. The second-order valence-electron chi connectivity index (χ2n) is 6.23. The highest BCUT2D eigenvalue weighted by Crippen LogP contribution is 2.29. The largest absolute Gasteiger partial charge is 0.340 e. The summed E-state index contributed by atoms with van der Waals surface area (Å²) in [4.78, 5) is 15.6. The van der Waals surface area contributed by atoms with Crippen LogP contribution in [0, 0.1) is 0 Å². The van der Waals surface area contributed by atoms with E-state index in [1.807, 2.05) is 29.2 Å². The number of carbonyl (C=O) groups is 1. The maximum Gasteiger partial charge on any atom is 0.234 e. The Morgan fingerprint density at radius 3 is 3.04 bits per heavy atom. The van der Waals surface area contributed by atoms with Crippen molar-refractivity contribution >= 4 is 22.2 Å². The lowest BCUT2D eigenvalue weighted by atomic mass is 10.0. The Bertz CT molecular complexity index is 842. The monoisotopic (exact) mass is 341 g/mol. The topological polar surface area (TPSA) is 63.4 Å². The first-order valence-corrected chi connectivity index (χ1v) is 9.08. The molecule has 7 heteroatoms. The van der Waals surface area contributed by atoms with E-state index in [2.05, 4.69) is 22.2 Å². The number of benzene rings is 1. The molecule has 0 unspecified atom stereocenters. The predicted octanol–water partition coefficient (Wildman–Crippen LogP) is 2.80. The maximum absolute atomic E-state index is 12.8. The van der Waals surface area contributed by atoms with Crippen LogP contribution in [0.25, 0.3) is 15.5 Å². The molecule has 3 aromatic rings. The SMILES string of the molecule is C[C@H]1CCCCN1C(=O)Cc1ccccc1-c1nn2cnnc2s1. The van der Waals surface area contributed by atoms with Gasteiger partial charge >= 0.3 is 0 Å². The molecule has 1 aliphatic rings. The van der Waals surface area contributed by atoms with Crippen molar-refractivity contribution in [2.75, 3.05) is 6.54 Å². The van der Waals surface area contributed by atoms with Gasteiger partial charge in [-0.15, -0.1) is 10.2 Å². The third kappa shape index (κ3) is 2.80. The van der Waals surface area contributed by atoms with Gasteiger partial charge in [0.25, 0.3) is 0 Å². The first-order chi connectivity index (χ1) is 11.7. The number of aromatic nitrogens is 4. The van der Waals surface area contributed by atoms with Crippen LogP contribution < -0.4 is 0 Å². The summed E-state index contributed by atoms with van der Waals surface area (Å²) in [7, 11) is 0. The molecule has 0 aliphatic carbocycles. The van der Waals surface area contributed by atoms with Crippen LogP contribution >= 0.6 is 11.3 Å². The van der Waals surface area contributed by atoms with Crippen LogP contribution in [0.3, 0.4) is 0 Å². The van der Waals surface area contributed by atoms with Gasteiger partial charge in [0.2, 0.25) is 10.9 Å². The molecule has 1 saturated heterocycles. The van der Waals surface area contributed by atoms with Crippen molar-refractivity contribution in [3.05, 3.63) is 36.2 Å². The van der Waals surface area contributed by atoms with Gasteiger partial charge < -0.3 is 4.90 Å². The summed E-state index contributed by atoms with van der Waals surface area (Å²) in [6.45, 7) is 3.02. The van der Waals surface area contributed by atoms with Crippen molar-refractivity contribution in [1.29, 1.82) is 0 Å². The molecule has 1 aliphatic heterocycles. The lowest BCUT2D eigenvalue weighted by molar-refractivity contribution is -0.133. The number of likely N-dealkylation sites (tertiary alicyclic amines) is 1. The maximum atomic E-state index is 12.8. The predicted molar refractivity (Wildman–Crippen MR) is 92.8 cm³/mol. The highest BCUT2D eigenvalue weighted by molar-refractivity contribution is 7.19. The molecule has 1 aromatic carbocycles. The van der Waals surface area contributed by atoms with E-state index in [1.165, 1.54) is 17.8 Å². The van der Waals surface area contributed by atoms with Crippen LogP contribution in [-0.2, 0) is 11.2 Å². The van der Waals surface area contributed by atoms with Gasteiger partial charge in [-0.2, -0.15) is 9.61 Å². The second-order valence-corrected chi connectivity index (χ2v) is 7.19. The summed E-state index contributed by atoms with van der Waals surface area (Å²) in [5.74, 6) is 0.206. The Morgan fingerprint density at radius 2 is 2.21 bits per heavy atom. The Morgan fingerprint density at radius 1 is 1.33 bits per heavy atom. The lowest BCUT2D eigenvalue weighted by Crippen LogP contribution is -2.42. The number of piperidine rings is 1. The highest BCUT2D eigenvalue weighted by atomic mass is 32.1. The van der Waals surface area contributed by atoms with Gasteiger partial charge in [-0.1, -0.05) is 35.6 Å². The van der Waals surface area contributed by atoms with Crippen LogP contribution in [0.5, 0.6) is 0 Å². The summed E-state index contributed by atoms with van der Waals surface area (Å²) in [5, 5.41) is 13.3. The van der Waals surface area contributed by atoms with Gasteiger partial charge in [-0.25, -0.2) is 0 Å². The second kappa shape index (κ2) is 6.32. The smallest absolute Gasteiger partial charge is 0.234 e. The zero-order chi connectivity index (χ0) is 16.5. The first kappa shape index (κ1) is 15.3. The van der Waals surface area contributed by atoms with E-state index in [9.17, 15) is 4.79 Å². The summed E-state index contributed by atoms with van der Waals surface area (Å²) in [5.41, 5.74) is 2.02. The number of hydrogen-bond donors (Lipinski definition) is 0. The molecular weight excluding hydrogens is 322 g/mol. The standard InChI is InChI=1S/C17H19N5OS/c1-12-6-4-5-9-21(12)15(23)10-13-7-2-3-8-14(13)16-20-22-11-18-19-17(22)24-16/h2-3,7-8,11-12H,4-6,9-10H2,1H3/t12-/m0/s1. The molecule has 6 nitrogen and oxygen atoms in total. The minimum Gasteiger partial charge on any atom is -0.340 e. The fraction of sp³-hybridized carbons (Fsp3) is 0.412. The molecular formula is C17H19N5OS. The van der Waals surface area contributed by atoms with Crippen LogP contribution in [0.4, 0.5) is 0 Å². The fourth-order valence-corrected chi connectivity index (χ4v) is 4.17. The number of fused-ring (bicyclic) bond motifs is 1. The van der Waals surface area contributed by atoms with Gasteiger partial charge in [0.15, 0.2) is 0 Å². The molecule has 3 heterocycles. The minimum atomic E-state index is 0.206. The Labute approximate surface area is 144 Å². The van der Waals surface area contributed by atoms with Crippen LogP contribution in [0.15, 0.2) is 30.6 Å². The number of carbonyl (C=O) groups excluding carboxylic acids is 1. The molecule has 124 valence electrons. The minimum absolute atomic E-state index is 0.206. The quantitative estimate of drug-likeness (QED) is 0.735. The molecule has 1 amide bonds. The fourth-order valence-electron chi connectivity index (χ4n) is 3.28. The van der Waals surface area contributed by atoms with Gasteiger partial charge in [0, 0.05) is 18.2 Å². The van der Waals surface area contributed by atoms with E-state index >= 15 is 0 Å². The highest BCUT2D eigenvalue weighted by Gasteiger charge is 2.24. The summed E-state index contributed by atoms with van der Waals surface area (Å²) >= 11 is 1.49. The third-order valence-corrected chi connectivity index (χ3v) is 5.55. The molecule has 2 aromatic heterocycles. The van der Waals surface area contributed by atoms with E-state index in [0.29, 0.717) is 12.5 Å². The van der Waals surface area contributed by atoms with Crippen molar-refractivity contribution in [2.45, 2.75) is 38.6 Å². The zero-order valence-corrected chi connectivity index (χ0v) is 14.4. The van der Waals surface area contributed by atoms with Gasteiger partial charge in [-0.3, -0.25) is 4.79 Å². The van der Waals surface area contributed by atoms with E-state index in [1.54, 1.807) is 10.8 Å². The third-order valence-electron chi connectivity index (χ3n) is 4.60. The van der Waals surface area contributed by atoms with Crippen molar-refractivity contribution in [3.8, 4) is 10.6 Å². The molecule has 0 saturated carbocycles. The molecule has 0 bridgehead atoms. The number of amides is 1. The summed E-state index contributed by atoms with van der Waals surface area (Å²) < 4.78 is 1.67. The Kier molecular flexibility index (Phi) is 4.02. The lowest BCUT2D eigenvalue weighted by Gasteiger charge is -2.33. The first-order valence-electron chi connectivity index (χ1n) is 8.27. The molecule has 1 atom stereocenters. The molecule has 24 heavy (non-hydrogen) atoms. The van der Waals surface area contributed by atoms with Crippen molar-refractivity contribution in [2.24, 2.45) is 0 Å².